The Kier molecular flexibility index (Phi) is 5.18. The zero-order chi connectivity index (χ0) is 23.1. The predicted octanol–water partition coefficient (Wildman–Crippen LogP) is 3.98. The van der Waals surface area contributed by atoms with Gasteiger partial charge in [0.25, 0.3) is 0 Å². The summed E-state index contributed by atoms with van der Waals surface area (Å²) in [4.78, 5) is 24.3. The van der Waals surface area contributed by atoms with Gasteiger partial charge < -0.3 is 15.2 Å². The Morgan fingerprint density at radius 3 is 2.76 bits per heavy atom. The molecule has 0 unspecified atom stereocenters. The molecule has 1 aliphatic heterocycles. The molecule has 0 aliphatic carbocycles. The fraction of sp³-hybridized carbons (Fsp3) is 0.320. The molecule has 0 radical (unpaired) electrons. The lowest BCUT2D eigenvalue weighted by atomic mass is 9.99. The maximum atomic E-state index is 4.96. The molecule has 6 heterocycles. The molecule has 3 N–H and O–H groups in total. The quantitative estimate of drug-likeness (QED) is 0.357. The number of nitrogens with zero attached hydrogens (tertiary/aromatic N) is 6. The number of aromatic nitrogens is 7. The van der Waals surface area contributed by atoms with E-state index in [1.165, 1.54) is 24.0 Å². The van der Waals surface area contributed by atoms with E-state index in [0.717, 1.165) is 70.9 Å². The molecule has 0 amide bonds. The second-order valence-electron chi connectivity index (χ2n) is 8.78. The van der Waals surface area contributed by atoms with E-state index in [1.807, 2.05) is 31.0 Å². The molecule has 0 atom stereocenters. The van der Waals surface area contributed by atoms with Crippen LogP contribution < -0.4 is 10.2 Å². The number of hydrogen-bond donors (Lipinski definition) is 3. The molecule has 5 aromatic rings. The first-order chi connectivity index (χ1) is 16.7. The van der Waals surface area contributed by atoms with Crippen molar-refractivity contribution in [2.45, 2.75) is 33.2 Å². The Bertz CT molecular complexity index is 1480. The highest BCUT2D eigenvalue weighted by Gasteiger charge is 2.20. The van der Waals surface area contributed by atoms with Crippen LogP contribution >= 0.6 is 0 Å². The van der Waals surface area contributed by atoms with Crippen LogP contribution in [0.3, 0.4) is 0 Å². The number of aromatic amines is 2. The van der Waals surface area contributed by atoms with Gasteiger partial charge in [0.05, 0.1) is 29.0 Å². The van der Waals surface area contributed by atoms with Crippen LogP contribution in [-0.4, -0.2) is 54.8 Å². The molecule has 1 saturated heterocycles. The molecule has 1 aliphatic rings. The number of fused-ring (bicyclic) bond motifs is 2. The van der Waals surface area contributed by atoms with Gasteiger partial charge in [0.2, 0.25) is 0 Å². The summed E-state index contributed by atoms with van der Waals surface area (Å²) in [6, 6.07) is 2.12. The van der Waals surface area contributed by atoms with Crippen molar-refractivity contribution in [2.75, 3.05) is 24.5 Å². The normalized spacial score (nSPS) is 14.0. The number of rotatable bonds is 6. The molecule has 0 aromatic carbocycles. The summed E-state index contributed by atoms with van der Waals surface area (Å²) >= 11 is 0. The van der Waals surface area contributed by atoms with Gasteiger partial charge in [0, 0.05) is 49.4 Å². The number of anilines is 1. The van der Waals surface area contributed by atoms with E-state index in [2.05, 4.69) is 60.3 Å². The van der Waals surface area contributed by atoms with Crippen LogP contribution in [0.2, 0.25) is 0 Å². The molecule has 1 fully saturated rings. The summed E-state index contributed by atoms with van der Waals surface area (Å²) < 4.78 is 0. The van der Waals surface area contributed by atoms with Gasteiger partial charge >= 0.3 is 0 Å². The molecule has 0 bridgehead atoms. The van der Waals surface area contributed by atoms with Gasteiger partial charge in [-0.05, 0) is 43.5 Å². The van der Waals surface area contributed by atoms with Crippen LogP contribution in [0.25, 0.3) is 44.7 Å². The van der Waals surface area contributed by atoms with Crippen molar-refractivity contribution in [1.29, 1.82) is 0 Å². The van der Waals surface area contributed by atoms with Gasteiger partial charge in [-0.3, -0.25) is 15.1 Å². The molecule has 9 nitrogen and oxygen atoms in total. The largest absolute Gasteiger partial charge is 0.368 e. The van der Waals surface area contributed by atoms with Gasteiger partial charge in [-0.25, -0.2) is 9.97 Å². The molecular weight excluding hydrogens is 426 g/mol. The third-order valence-electron chi connectivity index (χ3n) is 6.66. The summed E-state index contributed by atoms with van der Waals surface area (Å²) in [5.41, 5.74) is 8.89. The fourth-order valence-corrected chi connectivity index (χ4v) is 4.75. The van der Waals surface area contributed by atoms with Crippen molar-refractivity contribution < 1.29 is 0 Å². The van der Waals surface area contributed by atoms with E-state index >= 15 is 0 Å². The minimum Gasteiger partial charge on any atom is -0.368 e. The maximum Gasteiger partial charge on any atom is 0.181 e. The summed E-state index contributed by atoms with van der Waals surface area (Å²) in [6.07, 6.45) is 11.9. The Hall–Kier alpha value is -3.85. The van der Waals surface area contributed by atoms with Crippen molar-refractivity contribution >= 4 is 27.8 Å². The third kappa shape index (κ3) is 3.49. The number of nitrogens with one attached hydrogen (secondary N) is 3. The predicted molar refractivity (Wildman–Crippen MR) is 134 cm³/mol. The van der Waals surface area contributed by atoms with Crippen molar-refractivity contribution in [3.63, 3.8) is 0 Å². The molecule has 0 saturated carbocycles. The van der Waals surface area contributed by atoms with E-state index in [9.17, 15) is 0 Å². The Morgan fingerprint density at radius 1 is 1.06 bits per heavy atom. The van der Waals surface area contributed by atoms with E-state index in [4.69, 9.17) is 4.98 Å². The van der Waals surface area contributed by atoms with Crippen molar-refractivity contribution in [2.24, 2.45) is 0 Å². The first kappa shape index (κ1) is 20.7. The number of H-pyrrole nitrogens is 2. The van der Waals surface area contributed by atoms with Gasteiger partial charge in [0.15, 0.2) is 11.5 Å². The van der Waals surface area contributed by atoms with Crippen LogP contribution in [0.4, 0.5) is 5.69 Å². The standard InChI is InChI=1S/C25H27N9/c1-3-26-9-17-10-27-12-19(15(17)2)16-8-18-22(32-33-24(18)29-11-16)25-30-20-13-28-14-21(23(20)31-25)34-6-4-5-7-34/h8,10-14,26H,3-7,9H2,1-2H3,(H,30,31)(H,29,32,33). The summed E-state index contributed by atoms with van der Waals surface area (Å²) in [7, 11) is 0. The molecule has 6 rings (SSSR count). The number of pyridine rings is 3. The molecule has 172 valence electrons. The lowest BCUT2D eigenvalue weighted by molar-refractivity contribution is 0.721. The Balaban J connectivity index is 1.43. The first-order valence-corrected chi connectivity index (χ1v) is 11.8. The van der Waals surface area contributed by atoms with Gasteiger partial charge in [-0.15, -0.1) is 0 Å². The fourth-order valence-electron chi connectivity index (χ4n) is 4.75. The second-order valence-corrected chi connectivity index (χ2v) is 8.78. The summed E-state index contributed by atoms with van der Waals surface area (Å²) in [6.45, 7) is 8.04. The molecular formula is C25H27N9. The average molecular weight is 454 g/mol. The zero-order valence-corrected chi connectivity index (χ0v) is 19.4. The van der Waals surface area contributed by atoms with Crippen LogP contribution in [0.5, 0.6) is 0 Å². The molecule has 34 heavy (non-hydrogen) atoms. The minimum atomic E-state index is 0.659. The lowest BCUT2D eigenvalue weighted by Crippen LogP contribution is -2.18. The average Bonchev–Trinajstić information content (AvgIpc) is 3.62. The highest BCUT2D eigenvalue weighted by molar-refractivity contribution is 5.95. The van der Waals surface area contributed by atoms with Crippen molar-refractivity contribution in [3.05, 3.63) is 48.2 Å². The van der Waals surface area contributed by atoms with Gasteiger partial charge in [-0.2, -0.15) is 5.10 Å². The second kappa shape index (κ2) is 8.49. The van der Waals surface area contributed by atoms with E-state index in [1.54, 1.807) is 0 Å². The maximum absolute atomic E-state index is 4.96. The first-order valence-electron chi connectivity index (χ1n) is 11.8. The van der Waals surface area contributed by atoms with Gasteiger partial charge in [-0.1, -0.05) is 6.92 Å². The van der Waals surface area contributed by atoms with E-state index < -0.39 is 0 Å². The Labute approximate surface area is 197 Å². The number of imidazole rings is 1. The molecule has 9 heteroatoms. The smallest absolute Gasteiger partial charge is 0.181 e. The Morgan fingerprint density at radius 2 is 1.91 bits per heavy atom. The molecule has 5 aromatic heterocycles. The van der Waals surface area contributed by atoms with Crippen LogP contribution in [-0.2, 0) is 6.54 Å². The highest BCUT2D eigenvalue weighted by Crippen LogP contribution is 2.33. The third-order valence-corrected chi connectivity index (χ3v) is 6.66. The molecule has 0 spiro atoms. The van der Waals surface area contributed by atoms with Crippen molar-refractivity contribution in [1.82, 2.24) is 40.4 Å². The van der Waals surface area contributed by atoms with Crippen LogP contribution in [0.15, 0.2) is 37.1 Å². The van der Waals surface area contributed by atoms with Crippen LogP contribution in [0.1, 0.15) is 30.9 Å². The highest BCUT2D eigenvalue weighted by atomic mass is 15.2. The van der Waals surface area contributed by atoms with E-state index in [-0.39, 0.29) is 0 Å². The number of hydrogen-bond acceptors (Lipinski definition) is 7. The monoisotopic (exact) mass is 453 g/mol. The summed E-state index contributed by atoms with van der Waals surface area (Å²) in [5.74, 6) is 0.737. The van der Waals surface area contributed by atoms with Gasteiger partial charge in [0.1, 0.15) is 11.2 Å². The summed E-state index contributed by atoms with van der Waals surface area (Å²) in [5, 5.41) is 11.9. The lowest BCUT2D eigenvalue weighted by Gasteiger charge is -2.16. The zero-order valence-electron chi connectivity index (χ0n) is 19.4. The van der Waals surface area contributed by atoms with E-state index in [0.29, 0.717) is 5.65 Å². The topological polar surface area (TPSA) is 111 Å². The SMILES string of the molecule is CCNCc1cncc(-c2cnc3n[nH]c(-c4nc5c(N6CCCC6)cncc5[nH]4)c3c2)c1C. The minimum absolute atomic E-state index is 0.659. The van der Waals surface area contributed by atoms with Crippen molar-refractivity contribution in [3.8, 4) is 22.6 Å². The van der Waals surface area contributed by atoms with Crippen LogP contribution in [0, 0.1) is 6.92 Å².